The molecule has 5 nitrogen and oxygen atoms in total. The van der Waals surface area contributed by atoms with Gasteiger partial charge in [-0.1, -0.05) is 0 Å². The van der Waals surface area contributed by atoms with Gasteiger partial charge in [-0.25, -0.2) is 0 Å². The molecular formula is C6H11N3O2. The van der Waals surface area contributed by atoms with Gasteiger partial charge < -0.3 is 9.47 Å². The molecule has 62 valence electrons. The molecule has 1 saturated heterocycles. The van der Waals surface area contributed by atoms with Gasteiger partial charge in [-0.3, -0.25) is 0 Å². The molecule has 5 heteroatoms. The Morgan fingerprint density at radius 2 is 1.82 bits per heavy atom. The van der Waals surface area contributed by atoms with E-state index in [4.69, 9.17) is 15.0 Å². The van der Waals surface area contributed by atoms with Gasteiger partial charge in [-0.2, -0.15) is 0 Å². The number of nitrogens with zero attached hydrogens (tertiary/aromatic N) is 3. The van der Waals surface area contributed by atoms with Crippen LogP contribution in [0.25, 0.3) is 10.4 Å². The average Bonchev–Trinajstić information content (AvgIpc) is 2.08. The minimum Gasteiger partial charge on any atom is -0.340 e. The minimum atomic E-state index is -1.10. The van der Waals surface area contributed by atoms with Gasteiger partial charge in [0.25, 0.3) is 0 Å². The molecule has 0 aliphatic carbocycles. The summed E-state index contributed by atoms with van der Waals surface area (Å²) in [6, 6.07) is 0. The van der Waals surface area contributed by atoms with Crippen LogP contribution >= 0.6 is 0 Å². The molecule has 0 aromatic carbocycles. The second kappa shape index (κ2) is 2.70. The van der Waals surface area contributed by atoms with Crippen molar-refractivity contribution in [3.05, 3.63) is 10.4 Å². The van der Waals surface area contributed by atoms with E-state index in [0.29, 0.717) is 0 Å². The van der Waals surface area contributed by atoms with Gasteiger partial charge in [0, 0.05) is 4.91 Å². The van der Waals surface area contributed by atoms with Gasteiger partial charge in [-0.05, 0) is 31.4 Å². The van der Waals surface area contributed by atoms with E-state index in [1.54, 1.807) is 6.92 Å². The van der Waals surface area contributed by atoms with Crippen LogP contribution in [0, 0.1) is 0 Å². The molecule has 1 fully saturated rings. The minimum absolute atomic E-state index is 0.0227. The molecule has 0 radical (unpaired) electrons. The van der Waals surface area contributed by atoms with Gasteiger partial charge in [-0.15, -0.1) is 0 Å². The van der Waals surface area contributed by atoms with E-state index in [-0.39, 0.29) is 12.2 Å². The van der Waals surface area contributed by atoms with Crippen LogP contribution in [0.5, 0.6) is 0 Å². The van der Waals surface area contributed by atoms with E-state index in [1.165, 1.54) is 0 Å². The fourth-order valence-electron chi connectivity index (χ4n) is 1.04. The second-order valence-corrected chi connectivity index (χ2v) is 2.73. The molecule has 1 rings (SSSR count). The molecule has 2 atom stereocenters. The Hall–Kier alpha value is -0.770. The molecule has 0 spiro atoms. The lowest BCUT2D eigenvalue weighted by molar-refractivity contribution is -0.152. The van der Waals surface area contributed by atoms with E-state index in [9.17, 15) is 0 Å². The Kier molecular flexibility index (Phi) is 2.04. The van der Waals surface area contributed by atoms with Crippen LogP contribution < -0.4 is 0 Å². The SMILES string of the molecule is C[C@H]1OC(C)(N=[N+]=[N-])O[C@@H]1C. The maximum Gasteiger partial charge on any atom is 0.247 e. The van der Waals surface area contributed by atoms with Crippen molar-refractivity contribution in [2.75, 3.05) is 0 Å². The standard InChI is InChI=1S/C6H11N3O2/c1-4-5(2)11-6(3,10-4)8-9-7/h4-5H,1-3H3/t4-,5-/m1/s1. The van der Waals surface area contributed by atoms with Crippen molar-refractivity contribution in [3.8, 4) is 0 Å². The topological polar surface area (TPSA) is 67.2 Å². The van der Waals surface area contributed by atoms with Crippen molar-refractivity contribution >= 4 is 0 Å². The Labute approximate surface area is 64.9 Å². The van der Waals surface area contributed by atoms with Crippen LogP contribution in [0.4, 0.5) is 0 Å². The smallest absolute Gasteiger partial charge is 0.247 e. The molecule has 1 aliphatic heterocycles. The first kappa shape index (κ1) is 8.33. The molecular weight excluding hydrogens is 146 g/mol. The van der Waals surface area contributed by atoms with Crippen LogP contribution in [-0.4, -0.2) is 18.1 Å². The largest absolute Gasteiger partial charge is 0.340 e. The molecule has 0 saturated carbocycles. The summed E-state index contributed by atoms with van der Waals surface area (Å²) >= 11 is 0. The van der Waals surface area contributed by atoms with Crippen LogP contribution in [-0.2, 0) is 9.47 Å². The Balaban J connectivity index is 2.71. The van der Waals surface area contributed by atoms with E-state index < -0.39 is 5.91 Å². The first-order valence-electron chi connectivity index (χ1n) is 3.49. The van der Waals surface area contributed by atoms with E-state index in [2.05, 4.69) is 10.0 Å². The fraction of sp³-hybridized carbons (Fsp3) is 1.00. The average molecular weight is 157 g/mol. The van der Waals surface area contributed by atoms with Gasteiger partial charge in [0.2, 0.25) is 5.91 Å². The molecule has 11 heavy (non-hydrogen) atoms. The predicted octanol–water partition coefficient (Wildman–Crippen LogP) is 1.79. The van der Waals surface area contributed by atoms with E-state index in [1.807, 2.05) is 13.8 Å². The number of hydrogen-bond donors (Lipinski definition) is 0. The van der Waals surface area contributed by atoms with Crippen LogP contribution in [0.2, 0.25) is 0 Å². The molecule has 0 aromatic heterocycles. The summed E-state index contributed by atoms with van der Waals surface area (Å²) in [7, 11) is 0. The zero-order chi connectivity index (χ0) is 8.48. The number of azide groups is 1. The van der Waals surface area contributed by atoms with Gasteiger partial charge in [0.15, 0.2) is 0 Å². The highest BCUT2D eigenvalue weighted by molar-refractivity contribution is 4.76. The van der Waals surface area contributed by atoms with Crippen LogP contribution in [0.3, 0.4) is 0 Å². The second-order valence-electron chi connectivity index (χ2n) is 2.73. The highest BCUT2D eigenvalue weighted by Crippen LogP contribution is 2.29. The molecule has 0 amide bonds. The van der Waals surface area contributed by atoms with Crippen LogP contribution in [0.15, 0.2) is 5.11 Å². The van der Waals surface area contributed by atoms with Gasteiger partial charge in [0.05, 0.1) is 12.2 Å². The quantitative estimate of drug-likeness (QED) is 0.331. The number of hydrogen-bond acceptors (Lipinski definition) is 3. The molecule has 0 N–H and O–H groups in total. The molecule has 0 bridgehead atoms. The maximum atomic E-state index is 8.16. The third kappa shape index (κ3) is 1.63. The summed E-state index contributed by atoms with van der Waals surface area (Å²) in [6.07, 6.45) is -0.0454. The van der Waals surface area contributed by atoms with Crippen molar-refractivity contribution in [2.45, 2.75) is 38.9 Å². The third-order valence-corrected chi connectivity index (χ3v) is 1.70. The summed E-state index contributed by atoms with van der Waals surface area (Å²) in [5.41, 5.74) is 8.16. The Morgan fingerprint density at radius 1 is 1.36 bits per heavy atom. The van der Waals surface area contributed by atoms with Gasteiger partial charge >= 0.3 is 0 Å². The van der Waals surface area contributed by atoms with Crippen molar-refractivity contribution in [1.29, 1.82) is 0 Å². The zero-order valence-corrected chi connectivity index (χ0v) is 6.81. The predicted molar refractivity (Wildman–Crippen MR) is 38.6 cm³/mol. The summed E-state index contributed by atoms with van der Waals surface area (Å²) < 4.78 is 10.5. The third-order valence-electron chi connectivity index (χ3n) is 1.70. The summed E-state index contributed by atoms with van der Waals surface area (Å²) in [4.78, 5) is 2.63. The van der Waals surface area contributed by atoms with Crippen molar-refractivity contribution < 1.29 is 9.47 Å². The van der Waals surface area contributed by atoms with Crippen molar-refractivity contribution in [1.82, 2.24) is 0 Å². The normalized spacial score (nSPS) is 34.8. The lowest BCUT2D eigenvalue weighted by Gasteiger charge is -2.14. The van der Waals surface area contributed by atoms with Crippen molar-refractivity contribution in [2.24, 2.45) is 5.11 Å². The summed E-state index contributed by atoms with van der Waals surface area (Å²) in [6.45, 7) is 5.36. The number of ether oxygens (including phenoxy) is 2. The first-order valence-corrected chi connectivity index (χ1v) is 3.49. The zero-order valence-electron chi connectivity index (χ0n) is 6.81. The fourth-order valence-corrected chi connectivity index (χ4v) is 1.04. The maximum absolute atomic E-state index is 8.16. The molecule has 1 heterocycles. The highest BCUT2D eigenvalue weighted by Gasteiger charge is 2.39. The molecule has 1 aliphatic rings. The van der Waals surface area contributed by atoms with Crippen molar-refractivity contribution in [3.63, 3.8) is 0 Å². The lowest BCUT2D eigenvalue weighted by Crippen LogP contribution is -2.22. The van der Waals surface area contributed by atoms with Gasteiger partial charge in [0.1, 0.15) is 0 Å². The number of rotatable bonds is 1. The first-order chi connectivity index (χ1) is 5.07. The lowest BCUT2D eigenvalue weighted by atomic mass is 10.3. The Bertz CT molecular complexity index is 190. The van der Waals surface area contributed by atoms with E-state index >= 15 is 0 Å². The molecule has 0 unspecified atom stereocenters. The summed E-state index contributed by atoms with van der Waals surface area (Å²) in [5, 5.41) is 3.39. The van der Waals surface area contributed by atoms with E-state index in [0.717, 1.165) is 0 Å². The Morgan fingerprint density at radius 3 is 2.18 bits per heavy atom. The monoisotopic (exact) mass is 157 g/mol. The highest BCUT2D eigenvalue weighted by atomic mass is 16.8. The summed E-state index contributed by atoms with van der Waals surface area (Å²) in [5.74, 6) is -1.10. The van der Waals surface area contributed by atoms with Crippen LogP contribution in [0.1, 0.15) is 20.8 Å². The molecule has 0 aromatic rings.